The summed E-state index contributed by atoms with van der Waals surface area (Å²) >= 11 is 6.43. The maximum atomic E-state index is 11.5. The molecule has 0 radical (unpaired) electrons. The molecule has 0 saturated carbocycles. The lowest BCUT2D eigenvalue weighted by Gasteiger charge is -2.14. The highest BCUT2D eigenvalue weighted by atomic mass is 127. The van der Waals surface area contributed by atoms with Crippen molar-refractivity contribution in [2.75, 3.05) is 7.11 Å². The van der Waals surface area contributed by atoms with Crippen LogP contribution in [0.2, 0.25) is 0 Å². The van der Waals surface area contributed by atoms with E-state index in [1.165, 1.54) is 7.11 Å². The third-order valence-electron chi connectivity index (χ3n) is 3.16. The number of carbonyl (C=O) groups excluding carboxylic acids is 1. The van der Waals surface area contributed by atoms with Gasteiger partial charge in [-0.15, -0.1) is 0 Å². The molecule has 0 amide bonds. The minimum Gasteiger partial charge on any atom is -0.507 e. The normalized spacial score (nSPS) is 11.9. The third-order valence-corrected chi connectivity index (χ3v) is 5.62. The standard InChI is InChI=1S/C16H14I3NO4/c1-23-16(22)13(20)6-8-4-11(18)15(12(19)5-8)24-9-2-3-14(21)10(17)7-9/h2-5,7,13,21H,6,20H2,1H3. The maximum Gasteiger partial charge on any atom is 0.322 e. The number of hydrogen-bond donors (Lipinski definition) is 2. The molecule has 8 heteroatoms. The summed E-state index contributed by atoms with van der Waals surface area (Å²) < 4.78 is 13.1. The fourth-order valence-electron chi connectivity index (χ4n) is 1.99. The minimum absolute atomic E-state index is 0.222. The number of methoxy groups -OCH3 is 1. The molecule has 2 aromatic rings. The van der Waals surface area contributed by atoms with Gasteiger partial charge in [-0.3, -0.25) is 4.79 Å². The van der Waals surface area contributed by atoms with Crippen LogP contribution < -0.4 is 10.5 Å². The molecule has 0 fully saturated rings. The minimum atomic E-state index is -0.688. The number of esters is 1. The Labute approximate surface area is 180 Å². The molecule has 1 atom stereocenters. The summed E-state index contributed by atoms with van der Waals surface area (Å²) in [5, 5.41) is 9.59. The molecule has 5 nitrogen and oxygen atoms in total. The molecular formula is C16H14I3NO4. The summed E-state index contributed by atoms with van der Waals surface area (Å²) in [6, 6.07) is 8.26. The third kappa shape index (κ3) is 5.08. The average molecular weight is 665 g/mol. The van der Waals surface area contributed by atoms with Crippen LogP contribution in [0.1, 0.15) is 5.56 Å². The van der Waals surface area contributed by atoms with Gasteiger partial charge in [-0.2, -0.15) is 0 Å². The van der Waals surface area contributed by atoms with Gasteiger partial charge in [0.05, 0.1) is 17.8 Å². The van der Waals surface area contributed by atoms with Gasteiger partial charge in [0.15, 0.2) is 5.75 Å². The Bertz CT molecular complexity index is 744. The van der Waals surface area contributed by atoms with Crippen LogP contribution in [0.5, 0.6) is 17.2 Å². The van der Waals surface area contributed by atoms with Crippen LogP contribution in [-0.2, 0) is 16.0 Å². The van der Waals surface area contributed by atoms with Gasteiger partial charge < -0.3 is 20.3 Å². The first kappa shape index (κ1) is 20.0. The second-order valence-corrected chi connectivity index (χ2v) is 8.42. The molecule has 0 aliphatic carbocycles. The molecule has 0 aliphatic heterocycles. The van der Waals surface area contributed by atoms with E-state index in [9.17, 15) is 9.90 Å². The van der Waals surface area contributed by atoms with Gasteiger partial charge in [0.25, 0.3) is 0 Å². The molecule has 0 heterocycles. The van der Waals surface area contributed by atoms with Crippen molar-refractivity contribution < 1.29 is 19.4 Å². The van der Waals surface area contributed by atoms with Crippen LogP contribution >= 0.6 is 67.8 Å². The van der Waals surface area contributed by atoms with E-state index in [4.69, 9.17) is 10.5 Å². The van der Waals surface area contributed by atoms with Crippen LogP contribution in [0.25, 0.3) is 0 Å². The maximum absolute atomic E-state index is 11.5. The van der Waals surface area contributed by atoms with Gasteiger partial charge >= 0.3 is 5.97 Å². The molecule has 0 bridgehead atoms. The smallest absolute Gasteiger partial charge is 0.322 e. The van der Waals surface area contributed by atoms with Crippen molar-refractivity contribution >= 4 is 73.7 Å². The molecule has 0 saturated heterocycles. The largest absolute Gasteiger partial charge is 0.507 e. The molecule has 2 rings (SSSR count). The van der Waals surface area contributed by atoms with Crippen molar-refractivity contribution in [1.29, 1.82) is 0 Å². The first-order valence-corrected chi connectivity index (χ1v) is 10.0. The predicted octanol–water partition coefficient (Wildman–Crippen LogP) is 4.04. The Morgan fingerprint density at radius 2 is 1.79 bits per heavy atom. The van der Waals surface area contributed by atoms with Gasteiger partial charge in [0.1, 0.15) is 17.5 Å². The van der Waals surface area contributed by atoms with Crippen molar-refractivity contribution in [1.82, 2.24) is 0 Å². The Kier molecular flexibility index (Phi) is 7.37. The lowest BCUT2D eigenvalue weighted by Crippen LogP contribution is -2.33. The van der Waals surface area contributed by atoms with E-state index in [0.29, 0.717) is 12.2 Å². The van der Waals surface area contributed by atoms with Crippen molar-refractivity contribution in [3.8, 4) is 17.2 Å². The van der Waals surface area contributed by atoms with Crippen molar-refractivity contribution in [2.45, 2.75) is 12.5 Å². The average Bonchev–Trinajstić information content (AvgIpc) is 2.53. The van der Waals surface area contributed by atoms with Crippen molar-refractivity contribution in [3.63, 3.8) is 0 Å². The number of rotatable bonds is 5. The lowest BCUT2D eigenvalue weighted by molar-refractivity contribution is -0.142. The van der Waals surface area contributed by atoms with Crippen molar-refractivity contribution in [2.24, 2.45) is 5.73 Å². The van der Waals surface area contributed by atoms with E-state index >= 15 is 0 Å². The predicted molar refractivity (Wildman–Crippen MR) is 116 cm³/mol. The Hall–Kier alpha value is -0.340. The van der Waals surface area contributed by atoms with Crippen LogP contribution in [0.15, 0.2) is 30.3 Å². The van der Waals surface area contributed by atoms with E-state index in [-0.39, 0.29) is 5.75 Å². The second kappa shape index (κ2) is 8.85. The summed E-state index contributed by atoms with van der Waals surface area (Å²) in [6.07, 6.45) is 0.399. The van der Waals surface area contributed by atoms with E-state index < -0.39 is 12.0 Å². The Morgan fingerprint density at radius 3 is 2.33 bits per heavy atom. The number of benzene rings is 2. The summed E-state index contributed by atoms with van der Waals surface area (Å²) in [6.45, 7) is 0. The first-order valence-electron chi connectivity index (χ1n) is 6.79. The fourth-order valence-corrected chi connectivity index (χ4v) is 4.59. The highest BCUT2D eigenvalue weighted by Crippen LogP contribution is 2.34. The number of halogens is 3. The summed E-state index contributed by atoms with van der Waals surface area (Å²) in [7, 11) is 1.33. The molecular weight excluding hydrogens is 651 g/mol. The number of carbonyl (C=O) groups is 1. The number of nitrogens with two attached hydrogens (primary N) is 1. The van der Waals surface area contributed by atoms with Gasteiger partial charge in [0, 0.05) is 0 Å². The van der Waals surface area contributed by atoms with Crippen LogP contribution in [0, 0.1) is 10.7 Å². The monoisotopic (exact) mass is 665 g/mol. The van der Waals surface area contributed by atoms with Gasteiger partial charge in [-0.05, 0) is 110 Å². The van der Waals surface area contributed by atoms with E-state index in [2.05, 4.69) is 49.9 Å². The van der Waals surface area contributed by atoms with Gasteiger partial charge in [-0.25, -0.2) is 0 Å². The molecule has 0 aromatic heterocycles. The van der Waals surface area contributed by atoms with E-state index in [1.807, 2.05) is 34.7 Å². The molecule has 2 aromatic carbocycles. The van der Waals surface area contributed by atoms with Crippen LogP contribution in [0.4, 0.5) is 0 Å². The Balaban J connectivity index is 2.23. The zero-order valence-electron chi connectivity index (χ0n) is 12.6. The number of ether oxygens (including phenoxy) is 2. The van der Waals surface area contributed by atoms with Gasteiger partial charge in [0.2, 0.25) is 0 Å². The fraction of sp³-hybridized carbons (Fsp3) is 0.188. The quantitative estimate of drug-likeness (QED) is 0.373. The van der Waals surface area contributed by atoms with Crippen LogP contribution in [-0.4, -0.2) is 24.2 Å². The zero-order chi connectivity index (χ0) is 17.9. The molecule has 1 unspecified atom stereocenters. The highest BCUT2D eigenvalue weighted by Gasteiger charge is 2.17. The van der Waals surface area contributed by atoms with E-state index in [1.54, 1.807) is 18.2 Å². The number of aromatic hydroxyl groups is 1. The molecule has 0 spiro atoms. The Morgan fingerprint density at radius 1 is 1.17 bits per heavy atom. The van der Waals surface area contributed by atoms with Crippen LogP contribution in [0.3, 0.4) is 0 Å². The number of hydrogen-bond acceptors (Lipinski definition) is 5. The summed E-state index contributed by atoms with van der Waals surface area (Å²) in [5.74, 6) is 1.17. The zero-order valence-corrected chi connectivity index (χ0v) is 19.0. The van der Waals surface area contributed by atoms with Crippen molar-refractivity contribution in [3.05, 3.63) is 46.6 Å². The molecule has 3 N–H and O–H groups in total. The highest BCUT2D eigenvalue weighted by molar-refractivity contribution is 14.1. The lowest BCUT2D eigenvalue weighted by atomic mass is 10.1. The molecule has 24 heavy (non-hydrogen) atoms. The topological polar surface area (TPSA) is 81.8 Å². The number of phenols is 1. The van der Waals surface area contributed by atoms with E-state index in [0.717, 1.165) is 22.0 Å². The summed E-state index contributed by atoms with van der Waals surface area (Å²) in [5.41, 5.74) is 6.76. The molecule has 128 valence electrons. The molecule has 0 aliphatic rings. The van der Waals surface area contributed by atoms with Gasteiger partial charge in [-0.1, -0.05) is 0 Å². The first-order chi connectivity index (χ1) is 11.3. The number of phenolic OH excluding ortho intramolecular Hbond substituents is 1. The second-order valence-electron chi connectivity index (χ2n) is 4.94. The SMILES string of the molecule is COC(=O)C(N)Cc1cc(I)c(Oc2ccc(O)c(I)c2)c(I)c1. The summed E-state index contributed by atoms with van der Waals surface area (Å²) in [4.78, 5) is 11.5.